The molecule has 0 spiro atoms. The normalized spacial score (nSPS) is 47.8. The number of aromatic amines is 1. The van der Waals surface area contributed by atoms with Crippen LogP contribution in [0.3, 0.4) is 0 Å². The van der Waals surface area contributed by atoms with E-state index in [2.05, 4.69) is 29.1 Å². The Morgan fingerprint density at radius 1 is 1.21 bits per heavy atom. The second-order valence-electron chi connectivity index (χ2n) is 8.34. The van der Waals surface area contributed by atoms with Crippen LogP contribution in [0.25, 0.3) is 0 Å². The molecule has 0 radical (unpaired) electrons. The lowest BCUT2D eigenvalue weighted by Crippen LogP contribution is -2.63. The van der Waals surface area contributed by atoms with Crippen LogP contribution in [-0.4, -0.2) is 15.5 Å². The topological polar surface area (TPSA) is 40.7 Å². The van der Waals surface area contributed by atoms with E-state index in [0.717, 1.165) is 12.5 Å². The molecule has 1 aromatic rings. The van der Waals surface area contributed by atoms with Crippen molar-refractivity contribution in [2.45, 2.75) is 64.5 Å². The Hall–Kier alpha value is -0.830. The molecule has 4 fully saturated rings. The first-order chi connectivity index (χ1) is 8.99. The molecule has 4 saturated carbocycles. The van der Waals surface area contributed by atoms with E-state index in [1.54, 1.807) is 6.33 Å². The van der Waals surface area contributed by atoms with Crippen LogP contribution in [0.4, 0.5) is 0 Å². The number of rotatable bonds is 3. The van der Waals surface area contributed by atoms with Crippen LogP contribution >= 0.6 is 0 Å². The lowest BCUT2D eigenvalue weighted by Gasteiger charge is -2.65. The number of imidazole rings is 1. The van der Waals surface area contributed by atoms with Crippen molar-refractivity contribution in [3.63, 3.8) is 0 Å². The van der Waals surface area contributed by atoms with Crippen molar-refractivity contribution in [3.05, 3.63) is 18.2 Å². The first-order valence-electron chi connectivity index (χ1n) is 7.71. The van der Waals surface area contributed by atoms with Crippen LogP contribution in [0.2, 0.25) is 0 Å². The Morgan fingerprint density at radius 2 is 1.95 bits per heavy atom. The minimum absolute atomic E-state index is 0.397. The van der Waals surface area contributed by atoms with Gasteiger partial charge >= 0.3 is 0 Å². The van der Waals surface area contributed by atoms with E-state index in [9.17, 15) is 0 Å². The van der Waals surface area contributed by atoms with E-state index in [0.29, 0.717) is 16.4 Å². The minimum atomic E-state index is 0.397. The highest BCUT2D eigenvalue weighted by Crippen LogP contribution is 2.66. The van der Waals surface area contributed by atoms with Gasteiger partial charge in [0, 0.05) is 24.0 Å². The van der Waals surface area contributed by atoms with E-state index < -0.39 is 0 Å². The summed E-state index contributed by atoms with van der Waals surface area (Å²) in [6.45, 7) is 6.00. The van der Waals surface area contributed by atoms with Crippen molar-refractivity contribution >= 4 is 0 Å². The molecule has 0 aliphatic heterocycles. The highest BCUT2D eigenvalue weighted by atomic mass is 15.0. The molecule has 3 nitrogen and oxygen atoms in total. The van der Waals surface area contributed by atoms with E-state index in [1.165, 1.54) is 44.2 Å². The van der Waals surface area contributed by atoms with Gasteiger partial charge in [-0.25, -0.2) is 4.98 Å². The van der Waals surface area contributed by atoms with Crippen LogP contribution in [-0.2, 0) is 6.54 Å². The van der Waals surface area contributed by atoms with Gasteiger partial charge in [-0.15, -0.1) is 0 Å². The van der Waals surface area contributed by atoms with Gasteiger partial charge in [0.25, 0.3) is 0 Å². The second-order valence-corrected chi connectivity index (χ2v) is 8.34. The van der Waals surface area contributed by atoms with Gasteiger partial charge in [-0.1, -0.05) is 13.8 Å². The van der Waals surface area contributed by atoms with Crippen molar-refractivity contribution in [1.82, 2.24) is 15.3 Å². The molecule has 2 unspecified atom stereocenters. The zero-order chi connectivity index (χ0) is 13.1. The van der Waals surface area contributed by atoms with Crippen molar-refractivity contribution < 1.29 is 0 Å². The smallest absolute Gasteiger partial charge is 0.0922 e. The SMILES string of the molecule is CC12CC3CC(C)(C1)CC(NCc1cnc[nH]1)(C3)C2. The van der Waals surface area contributed by atoms with Gasteiger partial charge in [0.1, 0.15) is 0 Å². The maximum Gasteiger partial charge on any atom is 0.0922 e. The maximum absolute atomic E-state index is 4.12. The second kappa shape index (κ2) is 3.63. The fraction of sp³-hybridized carbons (Fsp3) is 0.812. The van der Waals surface area contributed by atoms with Crippen LogP contribution in [0.15, 0.2) is 12.5 Å². The fourth-order valence-electron chi connectivity index (χ4n) is 6.31. The molecule has 1 heterocycles. The molecule has 2 N–H and O–H groups in total. The predicted molar refractivity (Wildman–Crippen MR) is 75.6 cm³/mol. The van der Waals surface area contributed by atoms with E-state index in [-0.39, 0.29) is 0 Å². The number of hydrogen-bond acceptors (Lipinski definition) is 2. The Balaban J connectivity index is 1.57. The molecule has 4 aliphatic carbocycles. The molecule has 0 aromatic carbocycles. The highest BCUT2D eigenvalue weighted by molar-refractivity contribution is 5.14. The number of aromatic nitrogens is 2. The summed E-state index contributed by atoms with van der Waals surface area (Å²) in [6, 6.07) is 0. The van der Waals surface area contributed by atoms with Crippen LogP contribution < -0.4 is 5.32 Å². The molecule has 0 saturated heterocycles. The van der Waals surface area contributed by atoms with Crippen molar-refractivity contribution in [1.29, 1.82) is 0 Å². The summed E-state index contributed by atoms with van der Waals surface area (Å²) in [5, 5.41) is 3.91. The summed E-state index contributed by atoms with van der Waals surface area (Å²) in [7, 11) is 0. The van der Waals surface area contributed by atoms with Crippen molar-refractivity contribution in [3.8, 4) is 0 Å². The molecule has 19 heavy (non-hydrogen) atoms. The van der Waals surface area contributed by atoms with Gasteiger partial charge in [-0.05, 0) is 55.3 Å². The van der Waals surface area contributed by atoms with Gasteiger partial charge < -0.3 is 10.3 Å². The van der Waals surface area contributed by atoms with E-state index in [1.807, 2.05) is 6.20 Å². The van der Waals surface area contributed by atoms with Crippen LogP contribution in [0.5, 0.6) is 0 Å². The molecule has 5 rings (SSSR count). The summed E-state index contributed by atoms with van der Waals surface area (Å²) in [6.07, 6.45) is 12.2. The summed E-state index contributed by atoms with van der Waals surface area (Å²) in [5.41, 5.74) is 2.80. The summed E-state index contributed by atoms with van der Waals surface area (Å²) in [4.78, 5) is 7.33. The summed E-state index contributed by atoms with van der Waals surface area (Å²) in [5.74, 6) is 0.959. The maximum atomic E-state index is 4.12. The van der Waals surface area contributed by atoms with Gasteiger partial charge in [0.05, 0.1) is 6.33 Å². The average molecular weight is 259 g/mol. The van der Waals surface area contributed by atoms with Gasteiger partial charge in [-0.2, -0.15) is 0 Å². The third-order valence-corrected chi connectivity index (χ3v) is 5.83. The molecule has 3 heteroatoms. The molecule has 4 aliphatic rings. The lowest BCUT2D eigenvalue weighted by molar-refractivity contribution is -0.118. The molecule has 2 atom stereocenters. The Labute approximate surface area is 115 Å². The number of nitrogens with one attached hydrogen (secondary N) is 2. The summed E-state index contributed by atoms with van der Waals surface area (Å²) >= 11 is 0. The number of nitrogens with zero attached hydrogens (tertiary/aromatic N) is 1. The lowest BCUT2D eigenvalue weighted by atomic mass is 9.43. The van der Waals surface area contributed by atoms with E-state index in [4.69, 9.17) is 0 Å². The van der Waals surface area contributed by atoms with E-state index >= 15 is 0 Å². The van der Waals surface area contributed by atoms with Crippen molar-refractivity contribution in [2.24, 2.45) is 16.7 Å². The average Bonchev–Trinajstić information content (AvgIpc) is 2.73. The molecule has 104 valence electrons. The number of H-pyrrole nitrogens is 1. The largest absolute Gasteiger partial charge is 0.347 e. The Kier molecular flexibility index (Phi) is 2.28. The highest BCUT2D eigenvalue weighted by Gasteiger charge is 2.59. The molecular formula is C16H25N3. The monoisotopic (exact) mass is 259 g/mol. The third kappa shape index (κ3) is 1.94. The fourth-order valence-corrected chi connectivity index (χ4v) is 6.31. The molecule has 4 bridgehead atoms. The third-order valence-electron chi connectivity index (χ3n) is 5.83. The van der Waals surface area contributed by atoms with Crippen molar-refractivity contribution in [2.75, 3.05) is 0 Å². The minimum Gasteiger partial charge on any atom is -0.347 e. The predicted octanol–water partition coefficient (Wildman–Crippen LogP) is 3.25. The van der Waals surface area contributed by atoms with Gasteiger partial charge in [-0.3, -0.25) is 0 Å². The van der Waals surface area contributed by atoms with Crippen LogP contribution in [0, 0.1) is 16.7 Å². The quantitative estimate of drug-likeness (QED) is 0.875. The Morgan fingerprint density at radius 3 is 2.53 bits per heavy atom. The summed E-state index contributed by atoms with van der Waals surface area (Å²) < 4.78 is 0. The molecule has 1 aromatic heterocycles. The van der Waals surface area contributed by atoms with Gasteiger partial charge in [0.15, 0.2) is 0 Å². The standard InChI is InChI=1S/C16H25N3/c1-14-3-12-4-15(2,8-14)10-16(5-12,9-14)19-7-13-6-17-11-18-13/h6,11-12,19H,3-5,7-10H2,1-2H3,(H,17,18). The number of hydrogen-bond donors (Lipinski definition) is 2. The van der Waals surface area contributed by atoms with Gasteiger partial charge in [0.2, 0.25) is 0 Å². The Bertz CT molecular complexity index is 460. The first kappa shape index (κ1) is 12.0. The zero-order valence-corrected chi connectivity index (χ0v) is 12.1. The molecular weight excluding hydrogens is 234 g/mol. The first-order valence-corrected chi connectivity index (χ1v) is 7.71. The zero-order valence-electron chi connectivity index (χ0n) is 12.1. The molecule has 0 amide bonds. The van der Waals surface area contributed by atoms with Crippen LogP contribution in [0.1, 0.15) is 58.1 Å².